The minimum Gasteiger partial charge on any atom is -0.482 e. The van der Waals surface area contributed by atoms with Crippen molar-refractivity contribution in [2.24, 2.45) is 5.73 Å². The third kappa shape index (κ3) is 4.04. The fraction of sp³-hybridized carbons (Fsp3) is 0.250. The van der Waals surface area contributed by atoms with Crippen LogP contribution in [-0.2, 0) is 0 Å². The van der Waals surface area contributed by atoms with Gasteiger partial charge >= 0.3 is 0 Å². The zero-order valence-corrected chi connectivity index (χ0v) is 14.0. The number of benzene rings is 2. The first-order chi connectivity index (χ1) is 9.88. The normalized spacial score (nSPS) is 13.8. The molecule has 0 saturated heterocycles. The van der Waals surface area contributed by atoms with Crippen molar-refractivity contribution in [1.29, 1.82) is 0 Å². The summed E-state index contributed by atoms with van der Waals surface area (Å²) in [6.07, 6.45) is -0.320. The maximum Gasteiger partial charge on any atom is 0.140 e. The van der Waals surface area contributed by atoms with Crippen molar-refractivity contribution in [2.75, 3.05) is 0 Å². The summed E-state index contributed by atoms with van der Waals surface area (Å²) in [7, 11) is 0. The third-order valence-corrected chi connectivity index (χ3v) is 4.09. The van der Waals surface area contributed by atoms with Crippen LogP contribution in [-0.4, -0.2) is 6.04 Å². The Morgan fingerprint density at radius 1 is 1.00 bits per heavy atom. The first-order valence-corrected chi connectivity index (χ1v) is 7.65. The molecule has 0 spiro atoms. The number of rotatable bonds is 4. The van der Waals surface area contributed by atoms with Crippen LogP contribution in [0.2, 0.25) is 15.1 Å². The van der Waals surface area contributed by atoms with E-state index in [0.717, 1.165) is 11.1 Å². The monoisotopic (exact) mass is 343 g/mol. The number of nitrogens with two attached hydrogens (primary N) is 1. The van der Waals surface area contributed by atoms with Crippen LogP contribution in [0, 0.1) is 6.92 Å². The highest BCUT2D eigenvalue weighted by Gasteiger charge is 2.20. The van der Waals surface area contributed by atoms with Gasteiger partial charge in [-0.15, -0.1) is 0 Å². The molecule has 2 aromatic rings. The topological polar surface area (TPSA) is 35.2 Å². The molecule has 0 aliphatic rings. The number of aryl methyl sites for hydroxylation is 1. The zero-order valence-electron chi connectivity index (χ0n) is 11.7. The van der Waals surface area contributed by atoms with E-state index in [-0.39, 0.29) is 12.1 Å². The van der Waals surface area contributed by atoms with Crippen LogP contribution < -0.4 is 10.5 Å². The maximum atomic E-state index is 6.16. The van der Waals surface area contributed by atoms with Crippen LogP contribution in [0.25, 0.3) is 0 Å². The molecule has 2 unspecified atom stereocenters. The minimum atomic E-state index is -0.320. The van der Waals surface area contributed by atoms with Crippen molar-refractivity contribution >= 4 is 34.8 Å². The Balaban J connectivity index is 2.35. The second-order valence-electron chi connectivity index (χ2n) is 5.01. The highest BCUT2D eigenvalue weighted by molar-refractivity contribution is 6.43. The highest BCUT2D eigenvalue weighted by Crippen LogP contribution is 2.36. The first kappa shape index (κ1) is 16.4. The summed E-state index contributed by atoms with van der Waals surface area (Å²) in [5.41, 5.74) is 8.19. The second-order valence-corrected chi connectivity index (χ2v) is 6.23. The van der Waals surface area contributed by atoms with E-state index < -0.39 is 0 Å². The molecule has 0 amide bonds. The summed E-state index contributed by atoms with van der Waals surface area (Å²) in [6.45, 7) is 3.91. The maximum absolute atomic E-state index is 6.16. The van der Waals surface area contributed by atoms with E-state index in [4.69, 9.17) is 45.3 Å². The summed E-state index contributed by atoms with van der Waals surface area (Å²) in [6, 6.07) is 11.0. The van der Waals surface area contributed by atoms with Crippen molar-refractivity contribution in [3.63, 3.8) is 0 Å². The van der Waals surface area contributed by atoms with Gasteiger partial charge < -0.3 is 10.5 Å². The number of halogens is 3. The molecule has 112 valence electrons. The van der Waals surface area contributed by atoms with E-state index >= 15 is 0 Å². The minimum absolute atomic E-state index is 0.211. The van der Waals surface area contributed by atoms with E-state index in [9.17, 15) is 0 Å². The van der Waals surface area contributed by atoms with E-state index in [1.165, 1.54) is 0 Å². The Morgan fingerprint density at radius 3 is 2.29 bits per heavy atom. The Kier molecular flexibility index (Phi) is 5.39. The van der Waals surface area contributed by atoms with Crippen molar-refractivity contribution in [1.82, 2.24) is 0 Å². The molecule has 0 saturated carbocycles. The lowest BCUT2D eigenvalue weighted by Crippen LogP contribution is -2.29. The molecule has 0 fully saturated rings. The molecule has 0 aliphatic carbocycles. The van der Waals surface area contributed by atoms with Crippen LogP contribution in [0.15, 0.2) is 36.4 Å². The standard InChI is InChI=1S/C16H16Cl3NO/c1-9-4-3-5-11(6-9)16(10(2)20)21-15-8-13(18)12(17)7-14(15)19/h3-8,10,16H,20H2,1-2H3. The van der Waals surface area contributed by atoms with Gasteiger partial charge in [-0.05, 0) is 25.5 Å². The SMILES string of the molecule is Cc1cccc(C(Oc2cc(Cl)c(Cl)cc2Cl)C(C)N)c1. The van der Waals surface area contributed by atoms with Gasteiger partial charge in [0.05, 0.1) is 15.1 Å². The van der Waals surface area contributed by atoms with Gasteiger partial charge in [0.2, 0.25) is 0 Å². The Labute approximate surface area is 139 Å². The summed E-state index contributed by atoms with van der Waals surface area (Å²) in [4.78, 5) is 0. The van der Waals surface area contributed by atoms with Crippen LogP contribution in [0.5, 0.6) is 5.75 Å². The molecule has 0 aliphatic heterocycles. The molecule has 2 nitrogen and oxygen atoms in total. The predicted octanol–water partition coefficient (Wildman–Crippen LogP) is 5.42. The van der Waals surface area contributed by atoms with Gasteiger partial charge in [0.25, 0.3) is 0 Å². The van der Waals surface area contributed by atoms with Crippen molar-refractivity contribution in [2.45, 2.75) is 26.0 Å². The Morgan fingerprint density at radius 2 is 1.67 bits per heavy atom. The van der Waals surface area contributed by atoms with Crippen molar-refractivity contribution < 1.29 is 4.74 Å². The van der Waals surface area contributed by atoms with Gasteiger partial charge in [-0.1, -0.05) is 64.6 Å². The molecular weight excluding hydrogens is 329 g/mol. The number of hydrogen-bond donors (Lipinski definition) is 1. The molecular formula is C16H16Cl3NO. The van der Waals surface area contributed by atoms with E-state index in [0.29, 0.717) is 20.8 Å². The van der Waals surface area contributed by atoms with Crippen LogP contribution in [0.4, 0.5) is 0 Å². The lowest BCUT2D eigenvalue weighted by Gasteiger charge is -2.24. The highest BCUT2D eigenvalue weighted by atomic mass is 35.5. The average molecular weight is 345 g/mol. The fourth-order valence-electron chi connectivity index (χ4n) is 2.06. The predicted molar refractivity (Wildman–Crippen MR) is 89.7 cm³/mol. The second kappa shape index (κ2) is 6.89. The van der Waals surface area contributed by atoms with Gasteiger partial charge in [0.1, 0.15) is 11.9 Å². The molecule has 0 radical (unpaired) electrons. The lowest BCUT2D eigenvalue weighted by atomic mass is 10.0. The molecule has 5 heteroatoms. The van der Waals surface area contributed by atoms with Crippen LogP contribution in [0.3, 0.4) is 0 Å². The Hall–Kier alpha value is -0.930. The van der Waals surface area contributed by atoms with Crippen LogP contribution >= 0.6 is 34.8 Å². The summed E-state index contributed by atoms with van der Waals surface area (Å²) in [5.74, 6) is 0.467. The third-order valence-electron chi connectivity index (χ3n) is 3.08. The zero-order chi connectivity index (χ0) is 15.6. The van der Waals surface area contributed by atoms with E-state index in [1.807, 2.05) is 38.1 Å². The smallest absolute Gasteiger partial charge is 0.140 e. The summed E-state index contributed by atoms with van der Waals surface area (Å²) in [5, 5.41) is 1.19. The lowest BCUT2D eigenvalue weighted by molar-refractivity contribution is 0.180. The molecule has 21 heavy (non-hydrogen) atoms. The van der Waals surface area contributed by atoms with Gasteiger partial charge in [-0.3, -0.25) is 0 Å². The number of ether oxygens (including phenoxy) is 1. The number of hydrogen-bond acceptors (Lipinski definition) is 2. The molecule has 0 heterocycles. The molecule has 0 bridgehead atoms. The summed E-state index contributed by atoms with van der Waals surface area (Å²) >= 11 is 18.1. The van der Waals surface area contributed by atoms with Crippen molar-refractivity contribution in [3.05, 3.63) is 62.6 Å². The first-order valence-electron chi connectivity index (χ1n) is 6.52. The van der Waals surface area contributed by atoms with Gasteiger partial charge in [-0.25, -0.2) is 0 Å². The van der Waals surface area contributed by atoms with Gasteiger partial charge in [0, 0.05) is 12.1 Å². The quantitative estimate of drug-likeness (QED) is 0.751. The molecule has 2 rings (SSSR count). The Bertz CT molecular complexity index is 643. The molecule has 2 N–H and O–H groups in total. The van der Waals surface area contributed by atoms with Gasteiger partial charge in [0.15, 0.2) is 0 Å². The molecule has 2 atom stereocenters. The largest absolute Gasteiger partial charge is 0.482 e. The van der Waals surface area contributed by atoms with Gasteiger partial charge in [-0.2, -0.15) is 0 Å². The molecule has 0 aromatic heterocycles. The van der Waals surface area contributed by atoms with Crippen LogP contribution in [0.1, 0.15) is 24.2 Å². The van der Waals surface area contributed by atoms with E-state index in [2.05, 4.69) is 0 Å². The average Bonchev–Trinajstić information content (AvgIpc) is 2.41. The van der Waals surface area contributed by atoms with Crippen molar-refractivity contribution in [3.8, 4) is 5.75 Å². The fourth-order valence-corrected chi connectivity index (χ4v) is 2.64. The van der Waals surface area contributed by atoms with E-state index in [1.54, 1.807) is 12.1 Å². The molecule has 2 aromatic carbocycles. The summed E-state index contributed by atoms with van der Waals surface area (Å²) < 4.78 is 5.98.